The van der Waals surface area contributed by atoms with Crippen LogP contribution in [0.2, 0.25) is 0 Å². The lowest BCUT2D eigenvalue weighted by Crippen LogP contribution is -2.48. The van der Waals surface area contributed by atoms with Crippen LogP contribution in [0.5, 0.6) is 0 Å². The molecule has 0 bridgehead atoms. The summed E-state index contributed by atoms with van der Waals surface area (Å²) in [5, 5.41) is 23.5. The number of nitrogens with one attached hydrogen (secondary N) is 4. The van der Waals surface area contributed by atoms with Crippen LogP contribution in [0.3, 0.4) is 0 Å². The first-order chi connectivity index (χ1) is 19.7. The second kappa shape index (κ2) is 13.3. The lowest BCUT2D eigenvalue weighted by Gasteiger charge is -2.39. The van der Waals surface area contributed by atoms with Gasteiger partial charge in [-0.2, -0.15) is 0 Å². The Hall–Kier alpha value is -3.76. The van der Waals surface area contributed by atoms with Gasteiger partial charge in [0, 0.05) is 99.5 Å². The van der Waals surface area contributed by atoms with E-state index in [0.29, 0.717) is 67.8 Å². The summed E-state index contributed by atoms with van der Waals surface area (Å²) in [5.74, 6) is 0.299. The fourth-order valence-electron chi connectivity index (χ4n) is 5.98. The highest BCUT2D eigenvalue weighted by atomic mass is 19.3. The van der Waals surface area contributed by atoms with Crippen molar-refractivity contribution in [3.8, 4) is 0 Å². The van der Waals surface area contributed by atoms with E-state index in [4.69, 9.17) is 5.41 Å². The second-order valence-corrected chi connectivity index (χ2v) is 10.8. The van der Waals surface area contributed by atoms with Crippen LogP contribution in [0.1, 0.15) is 69.1 Å². The van der Waals surface area contributed by atoms with E-state index >= 15 is 0 Å². The van der Waals surface area contributed by atoms with E-state index in [-0.39, 0.29) is 35.8 Å². The van der Waals surface area contributed by atoms with Crippen LogP contribution in [0.15, 0.2) is 29.6 Å². The predicted octanol–water partition coefficient (Wildman–Crippen LogP) is 4.06. The molecule has 1 saturated heterocycles. The van der Waals surface area contributed by atoms with Gasteiger partial charge >= 0.3 is 0 Å². The summed E-state index contributed by atoms with van der Waals surface area (Å²) in [4.78, 5) is 29.8. The number of fused-ring (bicyclic) bond motifs is 1. The lowest BCUT2D eigenvalue weighted by molar-refractivity contribution is -0.132. The molecular formula is C30H41F2N7O2. The smallest absolute Gasteiger partial charge is 0.264 e. The van der Waals surface area contributed by atoms with Gasteiger partial charge in [-0.25, -0.2) is 8.78 Å². The number of carbonyl (C=O) groups is 2. The molecule has 11 heteroatoms. The normalized spacial score (nSPS) is 18.4. The molecule has 1 aromatic rings. The quantitative estimate of drug-likeness (QED) is 0.278. The van der Waals surface area contributed by atoms with Gasteiger partial charge in [-0.3, -0.25) is 15.0 Å². The Balaban J connectivity index is 1.67. The summed E-state index contributed by atoms with van der Waals surface area (Å²) < 4.78 is 28.6. The average Bonchev–Trinajstić information content (AvgIpc) is 2.98. The van der Waals surface area contributed by atoms with E-state index in [1.165, 1.54) is 19.2 Å². The molecule has 4 N–H and O–H groups in total. The standard InChI is InChI=1S/C30H41F2N7O2/c1-4-28(41)37-11-7-22(8-12-37)36-26-9-13-38(19(2)40)18-25(26)30(34)39-10-5-6-20-14-23(21(16-33)17-35-3)24(29(31)32)15-27(20)39/h14-17,22,29,33-36H,4-13,18H2,1-3H3/b21-17+,33-16?,34-30?. The van der Waals surface area contributed by atoms with Gasteiger partial charge < -0.3 is 30.7 Å². The zero-order valence-corrected chi connectivity index (χ0v) is 24.2. The largest absolute Gasteiger partial charge is 0.393 e. The molecule has 0 spiro atoms. The van der Waals surface area contributed by atoms with Gasteiger partial charge in [0.1, 0.15) is 5.84 Å². The molecule has 0 unspecified atom stereocenters. The maximum atomic E-state index is 14.3. The molecular weight excluding hydrogens is 528 g/mol. The third-order valence-electron chi connectivity index (χ3n) is 8.25. The number of nitrogens with zero attached hydrogens (tertiary/aromatic N) is 3. The van der Waals surface area contributed by atoms with Gasteiger partial charge in [0.25, 0.3) is 6.43 Å². The maximum absolute atomic E-state index is 14.3. The molecule has 0 saturated carbocycles. The monoisotopic (exact) mass is 569 g/mol. The molecule has 2 amide bonds. The van der Waals surface area contributed by atoms with Gasteiger partial charge in [0.2, 0.25) is 11.8 Å². The number of anilines is 1. The molecule has 0 radical (unpaired) electrons. The number of rotatable bonds is 8. The molecule has 3 aliphatic heterocycles. The van der Waals surface area contributed by atoms with Crippen molar-refractivity contribution in [3.05, 3.63) is 46.3 Å². The minimum atomic E-state index is -2.75. The molecule has 222 valence electrons. The fourth-order valence-corrected chi connectivity index (χ4v) is 5.98. The van der Waals surface area contributed by atoms with Crippen LogP contribution in [0, 0.1) is 10.8 Å². The summed E-state index contributed by atoms with van der Waals surface area (Å²) >= 11 is 0. The van der Waals surface area contributed by atoms with Gasteiger partial charge in [-0.05, 0) is 48.9 Å². The number of alkyl halides is 2. The number of hydrogen-bond donors (Lipinski definition) is 4. The van der Waals surface area contributed by atoms with E-state index in [1.54, 1.807) is 22.9 Å². The molecule has 0 atom stereocenters. The fraction of sp³-hybridized carbons (Fsp3) is 0.533. The first-order valence-electron chi connectivity index (χ1n) is 14.4. The number of carbonyl (C=O) groups excluding carboxylic acids is 2. The van der Waals surface area contributed by atoms with Crippen LogP contribution < -0.4 is 15.5 Å². The summed E-state index contributed by atoms with van der Waals surface area (Å²) in [7, 11) is 1.66. The number of benzene rings is 1. The number of aryl methyl sites for hydroxylation is 1. The Kier molecular flexibility index (Phi) is 9.77. The highest BCUT2D eigenvalue weighted by Gasteiger charge is 2.32. The van der Waals surface area contributed by atoms with Crippen molar-refractivity contribution in [3.63, 3.8) is 0 Å². The summed E-state index contributed by atoms with van der Waals surface area (Å²) in [6, 6.07) is 3.35. The first-order valence-corrected chi connectivity index (χ1v) is 14.4. The number of halogens is 2. The Morgan fingerprint density at radius 3 is 2.46 bits per heavy atom. The van der Waals surface area contributed by atoms with Gasteiger partial charge in [-0.15, -0.1) is 0 Å². The minimum Gasteiger partial charge on any atom is -0.393 e. The van der Waals surface area contributed by atoms with E-state index in [9.17, 15) is 23.8 Å². The summed E-state index contributed by atoms with van der Waals surface area (Å²) in [5.41, 5.74) is 3.54. The summed E-state index contributed by atoms with van der Waals surface area (Å²) in [6.45, 7) is 6.08. The Morgan fingerprint density at radius 1 is 1.12 bits per heavy atom. The SMILES string of the molecule is CCC(=O)N1CCC(NC2=C(C(=N)N3CCCc4cc(/C(C=N)=C/NC)c(C(F)F)cc43)CN(C(C)=O)CC2)CC1. The van der Waals surface area contributed by atoms with Crippen molar-refractivity contribution in [1.82, 2.24) is 20.4 Å². The van der Waals surface area contributed by atoms with E-state index in [1.807, 2.05) is 11.8 Å². The molecule has 9 nitrogen and oxygen atoms in total. The van der Waals surface area contributed by atoms with Crippen LogP contribution in [-0.4, -0.2) is 79.5 Å². The van der Waals surface area contributed by atoms with E-state index in [0.717, 1.165) is 36.7 Å². The van der Waals surface area contributed by atoms with Crippen molar-refractivity contribution in [2.75, 3.05) is 44.7 Å². The third-order valence-corrected chi connectivity index (χ3v) is 8.25. The molecule has 1 aromatic carbocycles. The molecule has 41 heavy (non-hydrogen) atoms. The van der Waals surface area contributed by atoms with Crippen LogP contribution in [0.4, 0.5) is 14.5 Å². The highest BCUT2D eigenvalue weighted by molar-refractivity contribution is 6.11. The van der Waals surface area contributed by atoms with Gasteiger partial charge in [-0.1, -0.05) is 6.92 Å². The van der Waals surface area contributed by atoms with Crippen molar-refractivity contribution >= 4 is 35.1 Å². The van der Waals surface area contributed by atoms with Crippen molar-refractivity contribution < 1.29 is 18.4 Å². The Labute approximate surface area is 240 Å². The Bertz CT molecular complexity index is 1250. The van der Waals surface area contributed by atoms with E-state index < -0.39 is 6.43 Å². The zero-order valence-electron chi connectivity index (χ0n) is 24.2. The second-order valence-electron chi connectivity index (χ2n) is 10.8. The molecule has 1 fully saturated rings. The summed E-state index contributed by atoms with van der Waals surface area (Å²) in [6.07, 6.45) is 3.94. The molecule has 3 heterocycles. The first kappa shape index (κ1) is 30.2. The molecule has 0 aliphatic carbocycles. The van der Waals surface area contributed by atoms with Crippen LogP contribution in [-0.2, 0) is 16.0 Å². The topological polar surface area (TPSA) is 116 Å². The zero-order chi connectivity index (χ0) is 29.7. The average molecular weight is 570 g/mol. The van der Waals surface area contributed by atoms with Crippen LogP contribution in [0.25, 0.3) is 5.57 Å². The molecule has 4 rings (SSSR count). The lowest BCUT2D eigenvalue weighted by atomic mass is 9.91. The van der Waals surface area contributed by atoms with Crippen molar-refractivity contribution in [2.45, 2.75) is 64.8 Å². The van der Waals surface area contributed by atoms with Gasteiger partial charge in [0.05, 0.1) is 6.54 Å². The number of hydrogen-bond acceptors (Lipinski definition) is 6. The van der Waals surface area contributed by atoms with E-state index in [2.05, 4.69) is 10.6 Å². The van der Waals surface area contributed by atoms with Crippen molar-refractivity contribution in [2.24, 2.45) is 0 Å². The number of piperidine rings is 1. The molecule has 0 aromatic heterocycles. The maximum Gasteiger partial charge on any atom is 0.264 e. The van der Waals surface area contributed by atoms with Crippen LogP contribution >= 0.6 is 0 Å². The Morgan fingerprint density at radius 2 is 1.85 bits per heavy atom. The minimum absolute atomic E-state index is 0.0695. The number of likely N-dealkylation sites (tertiary alicyclic amines) is 1. The number of amidine groups is 1. The van der Waals surface area contributed by atoms with Gasteiger partial charge in [0.15, 0.2) is 0 Å². The predicted molar refractivity (Wildman–Crippen MR) is 158 cm³/mol. The number of allylic oxidation sites excluding steroid dienone is 1. The molecule has 3 aliphatic rings. The van der Waals surface area contributed by atoms with Crippen molar-refractivity contribution in [1.29, 1.82) is 10.8 Å². The third kappa shape index (κ3) is 6.60. The highest BCUT2D eigenvalue weighted by Crippen LogP contribution is 2.38. The number of amides is 2.